The van der Waals surface area contributed by atoms with E-state index in [-0.39, 0.29) is 19.4 Å². The van der Waals surface area contributed by atoms with Gasteiger partial charge in [0.2, 0.25) is 0 Å². The molecule has 0 aliphatic heterocycles. The van der Waals surface area contributed by atoms with Gasteiger partial charge in [0.25, 0.3) is 0 Å². The summed E-state index contributed by atoms with van der Waals surface area (Å²) in [4.78, 5) is 34.9. The van der Waals surface area contributed by atoms with E-state index in [1.165, 1.54) is 38.5 Å². The fourth-order valence-electron chi connectivity index (χ4n) is 5.15. The van der Waals surface area contributed by atoms with Gasteiger partial charge in [-0.05, 0) is 77.0 Å². The smallest absolute Gasteiger partial charge is 0.462 e. The summed E-state index contributed by atoms with van der Waals surface area (Å²) in [5, 5.41) is 18.3. The van der Waals surface area contributed by atoms with Crippen molar-refractivity contribution in [3.8, 4) is 0 Å². The lowest BCUT2D eigenvalue weighted by Crippen LogP contribution is -2.29. The maximum atomic E-state index is 12.6. The molecule has 0 rings (SSSR count). The van der Waals surface area contributed by atoms with Crippen LogP contribution < -0.4 is 0 Å². The number of carbonyl (C=O) groups is 2. The van der Waals surface area contributed by atoms with Crippen molar-refractivity contribution >= 4 is 19.8 Å². The Labute approximate surface area is 327 Å². The van der Waals surface area contributed by atoms with Gasteiger partial charge in [-0.3, -0.25) is 18.6 Å². The van der Waals surface area contributed by atoms with Crippen molar-refractivity contribution in [2.45, 2.75) is 174 Å². The summed E-state index contributed by atoms with van der Waals surface area (Å²) < 4.78 is 32.6. The lowest BCUT2D eigenvalue weighted by Gasteiger charge is -2.20. The predicted molar refractivity (Wildman–Crippen MR) is 219 cm³/mol. The molecule has 54 heavy (non-hydrogen) atoms. The zero-order valence-corrected chi connectivity index (χ0v) is 34.6. The lowest BCUT2D eigenvalue weighted by atomic mass is 10.1. The average molecular weight is 783 g/mol. The molecule has 0 amide bonds. The van der Waals surface area contributed by atoms with E-state index in [1.54, 1.807) is 0 Å². The molecular formula is C43H75O10P. The summed E-state index contributed by atoms with van der Waals surface area (Å²) in [7, 11) is -4.63. The largest absolute Gasteiger partial charge is 0.472 e. The fourth-order valence-corrected chi connectivity index (χ4v) is 5.94. The Balaban J connectivity index is 4.42. The highest BCUT2D eigenvalue weighted by Gasteiger charge is 2.27. The van der Waals surface area contributed by atoms with Crippen LogP contribution >= 0.6 is 7.82 Å². The van der Waals surface area contributed by atoms with Gasteiger partial charge in [0.05, 0.1) is 19.8 Å². The van der Waals surface area contributed by atoms with Crippen molar-refractivity contribution in [2.24, 2.45) is 0 Å². The van der Waals surface area contributed by atoms with Gasteiger partial charge in [-0.15, -0.1) is 0 Å². The van der Waals surface area contributed by atoms with E-state index in [4.69, 9.17) is 19.1 Å². The Kier molecular flexibility index (Phi) is 37.2. The van der Waals surface area contributed by atoms with Crippen LogP contribution in [-0.4, -0.2) is 65.7 Å². The molecule has 0 radical (unpaired) electrons. The molecule has 10 nitrogen and oxygen atoms in total. The highest BCUT2D eigenvalue weighted by molar-refractivity contribution is 7.47. The molecule has 0 aliphatic rings. The molecule has 11 heteroatoms. The number of hydrogen-bond acceptors (Lipinski definition) is 9. The van der Waals surface area contributed by atoms with Gasteiger partial charge in [0.15, 0.2) is 6.10 Å². The van der Waals surface area contributed by atoms with Crippen molar-refractivity contribution in [1.82, 2.24) is 0 Å². The molecular weight excluding hydrogens is 707 g/mol. The van der Waals surface area contributed by atoms with Crippen LogP contribution in [-0.2, 0) is 32.7 Å². The van der Waals surface area contributed by atoms with Crippen LogP contribution in [0.3, 0.4) is 0 Å². The van der Waals surface area contributed by atoms with Gasteiger partial charge >= 0.3 is 19.8 Å². The number of carbonyl (C=O) groups excluding carboxylic acids is 2. The summed E-state index contributed by atoms with van der Waals surface area (Å²) in [5.41, 5.74) is 0. The van der Waals surface area contributed by atoms with Crippen LogP contribution in [0.15, 0.2) is 60.8 Å². The molecule has 1 unspecified atom stereocenters. The molecule has 0 heterocycles. The minimum Gasteiger partial charge on any atom is -0.462 e. The molecule has 3 atom stereocenters. The summed E-state index contributed by atoms with van der Waals surface area (Å²) >= 11 is 0. The minimum atomic E-state index is -4.63. The number of rotatable bonds is 38. The van der Waals surface area contributed by atoms with Crippen LogP contribution in [0.5, 0.6) is 0 Å². The Morgan fingerprint density at radius 2 is 1.00 bits per heavy atom. The third-order valence-electron chi connectivity index (χ3n) is 8.38. The second-order valence-corrected chi connectivity index (χ2v) is 15.1. The topological polar surface area (TPSA) is 149 Å². The zero-order valence-electron chi connectivity index (χ0n) is 33.7. The third-order valence-corrected chi connectivity index (χ3v) is 9.33. The first kappa shape index (κ1) is 51.7. The summed E-state index contributed by atoms with van der Waals surface area (Å²) in [5.74, 6) is -0.976. The Morgan fingerprint density at radius 3 is 1.56 bits per heavy atom. The van der Waals surface area contributed by atoms with E-state index >= 15 is 0 Å². The first-order chi connectivity index (χ1) is 26.2. The van der Waals surface area contributed by atoms with Crippen molar-refractivity contribution in [3.63, 3.8) is 0 Å². The van der Waals surface area contributed by atoms with Gasteiger partial charge in [-0.25, -0.2) is 4.57 Å². The van der Waals surface area contributed by atoms with Gasteiger partial charge in [-0.1, -0.05) is 132 Å². The van der Waals surface area contributed by atoms with Crippen LogP contribution in [0.2, 0.25) is 0 Å². The van der Waals surface area contributed by atoms with Crippen LogP contribution in [0.4, 0.5) is 0 Å². The second kappa shape index (κ2) is 38.9. The van der Waals surface area contributed by atoms with Crippen molar-refractivity contribution in [1.29, 1.82) is 0 Å². The van der Waals surface area contributed by atoms with E-state index in [1.807, 2.05) is 0 Å². The van der Waals surface area contributed by atoms with Crippen LogP contribution in [0.25, 0.3) is 0 Å². The van der Waals surface area contributed by atoms with Crippen molar-refractivity contribution in [2.75, 3.05) is 26.4 Å². The Bertz CT molecular complexity index is 1080. The molecule has 3 N–H and O–H groups in total. The summed E-state index contributed by atoms with van der Waals surface area (Å²) in [6.07, 6.45) is 41.8. The maximum Gasteiger partial charge on any atom is 0.472 e. The minimum absolute atomic E-state index is 0.142. The second-order valence-electron chi connectivity index (χ2n) is 13.7. The average Bonchev–Trinajstić information content (AvgIpc) is 3.16. The molecule has 0 aliphatic carbocycles. The van der Waals surface area contributed by atoms with Gasteiger partial charge in [0, 0.05) is 12.8 Å². The fraction of sp³-hybridized carbons (Fsp3) is 0.721. The Morgan fingerprint density at radius 1 is 0.556 bits per heavy atom. The zero-order chi connectivity index (χ0) is 39.8. The molecule has 0 bridgehead atoms. The molecule has 0 aromatic carbocycles. The Hall–Kier alpha value is -2.33. The molecule has 0 spiro atoms. The number of phosphoric acid groups is 1. The highest BCUT2D eigenvalue weighted by atomic mass is 31.2. The molecule has 312 valence electrons. The molecule has 0 saturated heterocycles. The molecule has 0 saturated carbocycles. The number of unbranched alkanes of at least 4 members (excludes halogenated alkanes) is 14. The van der Waals surface area contributed by atoms with E-state index in [2.05, 4.69) is 79.1 Å². The van der Waals surface area contributed by atoms with E-state index in [0.717, 1.165) is 83.5 Å². The molecule has 0 aromatic rings. The first-order valence-corrected chi connectivity index (χ1v) is 22.2. The van der Waals surface area contributed by atoms with E-state index < -0.39 is 51.8 Å². The number of aliphatic hydroxyl groups is 2. The van der Waals surface area contributed by atoms with Gasteiger partial charge in [-0.2, -0.15) is 0 Å². The summed E-state index contributed by atoms with van der Waals surface area (Å²) in [6.45, 7) is 2.24. The van der Waals surface area contributed by atoms with Crippen molar-refractivity contribution in [3.05, 3.63) is 60.8 Å². The highest BCUT2D eigenvalue weighted by Crippen LogP contribution is 2.43. The number of esters is 2. The number of aliphatic hydroxyl groups excluding tert-OH is 2. The maximum absolute atomic E-state index is 12.6. The van der Waals surface area contributed by atoms with Crippen LogP contribution in [0.1, 0.15) is 162 Å². The lowest BCUT2D eigenvalue weighted by molar-refractivity contribution is -0.161. The van der Waals surface area contributed by atoms with E-state index in [0.29, 0.717) is 12.8 Å². The monoisotopic (exact) mass is 783 g/mol. The quantitative estimate of drug-likeness (QED) is 0.0239. The van der Waals surface area contributed by atoms with Crippen molar-refractivity contribution < 1.29 is 47.8 Å². The SMILES string of the molecule is CCC/C=C/C/C=C/C/C=C/C/C=C/CCCCCC(=O)O[C@H](COC(=O)CCCCCCC/C=C/CCCCCCC)COP(=O)(O)OC[C@@H](O)CO. The standard InChI is InChI=1S/C43H75O10P/c1-3-5-7-9-11-13-15-17-19-20-21-23-25-27-29-31-33-35-43(47)53-41(39-52-54(48,49)51-37-40(45)36-44)38-50-42(46)34-32-30-28-26-24-22-18-16-14-12-10-8-6-4-2/h7,9,13,15-16,18-20,23,25,40-41,44-45H,3-6,8,10-12,14,17,21-22,24,26-39H2,1-2H3,(H,48,49)/b9-7+,15-13+,18-16+,20-19+,25-23+/t40-,41+/m0/s1. The first-order valence-electron chi connectivity index (χ1n) is 20.7. The number of ether oxygens (including phenoxy) is 2. The number of allylic oxidation sites excluding steroid dienone is 10. The predicted octanol–water partition coefficient (Wildman–Crippen LogP) is 10.7. The van der Waals surface area contributed by atoms with Gasteiger partial charge < -0.3 is 24.6 Å². The normalized spacial score (nSPS) is 14.5. The summed E-state index contributed by atoms with van der Waals surface area (Å²) in [6, 6.07) is 0. The third kappa shape index (κ3) is 38.0. The molecule has 0 fully saturated rings. The number of phosphoric ester groups is 1. The van der Waals surface area contributed by atoms with E-state index in [9.17, 15) is 24.2 Å². The van der Waals surface area contributed by atoms with Gasteiger partial charge in [0.1, 0.15) is 12.7 Å². The molecule has 0 aromatic heterocycles. The number of hydrogen-bond donors (Lipinski definition) is 3. The van der Waals surface area contributed by atoms with Crippen LogP contribution in [0, 0.1) is 0 Å².